The molecule has 0 atom stereocenters. The molecule has 1 aliphatic heterocycles. The fourth-order valence-corrected chi connectivity index (χ4v) is 4.58. The SMILES string of the molecule is Cc1c(CCC(=O)N2CCNC(=O)C2)c(=O)oc2c(C)c3occ(-c4ccc(F)cc4)c3cc12. The molecular formula is C26H23FN2O5. The molecule has 2 aromatic carbocycles. The molecule has 7 nitrogen and oxygen atoms in total. The second-order valence-corrected chi connectivity index (χ2v) is 8.57. The molecule has 0 radical (unpaired) electrons. The van der Waals surface area contributed by atoms with Gasteiger partial charge in [0.1, 0.15) is 17.0 Å². The van der Waals surface area contributed by atoms with Crippen LogP contribution in [0.1, 0.15) is 23.1 Å². The van der Waals surface area contributed by atoms with Crippen LogP contribution in [-0.4, -0.2) is 36.3 Å². The largest absolute Gasteiger partial charge is 0.463 e. The van der Waals surface area contributed by atoms with Gasteiger partial charge in [-0.05, 0) is 49.6 Å². The number of carbonyl (C=O) groups is 2. The zero-order valence-electron chi connectivity index (χ0n) is 18.9. The molecule has 174 valence electrons. The molecule has 2 aromatic heterocycles. The van der Waals surface area contributed by atoms with Crippen LogP contribution in [0, 0.1) is 19.7 Å². The first kappa shape index (κ1) is 21.9. The van der Waals surface area contributed by atoms with Gasteiger partial charge >= 0.3 is 5.63 Å². The van der Waals surface area contributed by atoms with E-state index in [0.29, 0.717) is 35.4 Å². The Balaban J connectivity index is 1.54. The summed E-state index contributed by atoms with van der Waals surface area (Å²) in [4.78, 5) is 38.5. The van der Waals surface area contributed by atoms with Crippen LogP contribution in [0.3, 0.4) is 0 Å². The van der Waals surface area contributed by atoms with Crippen LogP contribution in [0.4, 0.5) is 4.39 Å². The lowest BCUT2D eigenvalue weighted by molar-refractivity contribution is -0.138. The number of furan rings is 1. The number of benzene rings is 2. The first-order chi connectivity index (χ1) is 16.3. The lowest BCUT2D eigenvalue weighted by atomic mass is 9.96. The van der Waals surface area contributed by atoms with E-state index in [2.05, 4.69) is 5.32 Å². The molecule has 8 heteroatoms. The summed E-state index contributed by atoms with van der Waals surface area (Å²) in [5.74, 6) is -0.674. The second-order valence-electron chi connectivity index (χ2n) is 8.57. The first-order valence-corrected chi connectivity index (χ1v) is 11.1. The van der Waals surface area contributed by atoms with Crippen LogP contribution in [0.2, 0.25) is 0 Å². The number of rotatable bonds is 4. The third-order valence-corrected chi connectivity index (χ3v) is 6.48. The van der Waals surface area contributed by atoms with Gasteiger partial charge in [-0.25, -0.2) is 9.18 Å². The molecule has 5 rings (SSSR count). The highest BCUT2D eigenvalue weighted by Crippen LogP contribution is 2.37. The van der Waals surface area contributed by atoms with Crippen molar-refractivity contribution < 1.29 is 22.8 Å². The number of carbonyl (C=O) groups excluding carboxylic acids is 2. The van der Waals surface area contributed by atoms with E-state index in [4.69, 9.17) is 8.83 Å². The zero-order valence-corrected chi connectivity index (χ0v) is 18.9. The third-order valence-electron chi connectivity index (χ3n) is 6.48. The molecule has 0 bridgehead atoms. The average molecular weight is 462 g/mol. The minimum Gasteiger partial charge on any atom is -0.463 e. The van der Waals surface area contributed by atoms with Crippen LogP contribution in [0.15, 0.2) is 50.2 Å². The summed E-state index contributed by atoms with van der Waals surface area (Å²) in [6, 6.07) is 8.09. The number of aryl methyl sites for hydroxylation is 2. The summed E-state index contributed by atoms with van der Waals surface area (Å²) in [5.41, 5.74) is 4.05. The van der Waals surface area contributed by atoms with Crippen molar-refractivity contribution in [2.24, 2.45) is 0 Å². The van der Waals surface area contributed by atoms with Crippen LogP contribution in [-0.2, 0) is 16.0 Å². The van der Waals surface area contributed by atoms with Crippen LogP contribution in [0.25, 0.3) is 33.1 Å². The summed E-state index contributed by atoms with van der Waals surface area (Å²) in [7, 11) is 0. The summed E-state index contributed by atoms with van der Waals surface area (Å²) in [6.07, 6.45) is 1.94. The van der Waals surface area contributed by atoms with E-state index >= 15 is 0 Å². The highest BCUT2D eigenvalue weighted by atomic mass is 19.1. The molecule has 0 saturated carbocycles. The summed E-state index contributed by atoms with van der Waals surface area (Å²) in [6.45, 7) is 4.59. The van der Waals surface area contributed by atoms with Gasteiger partial charge in [-0.2, -0.15) is 0 Å². The summed E-state index contributed by atoms with van der Waals surface area (Å²) < 4.78 is 24.9. The fourth-order valence-electron chi connectivity index (χ4n) is 4.58. The lowest BCUT2D eigenvalue weighted by Gasteiger charge is -2.26. The number of nitrogens with zero attached hydrogens (tertiary/aromatic N) is 1. The monoisotopic (exact) mass is 462 g/mol. The maximum absolute atomic E-state index is 13.4. The maximum Gasteiger partial charge on any atom is 0.339 e. The molecule has 1 saturated heterocycles. The van der Waals surface area contributed by atoms with Gasteiger partial charge in [-0.1, -0.05) is 12.1 Å². The van der Waals surface area contributed by atoms with Crippen LogP contribution >= 0.6 is 0 Å². The highest BCUT2D eigenvalue weighted by Gasteiger charge is 2.23. The van der Waals surface area contributed by atoms with Crippen molar-refractivity contribution in [3.8, 4) is 11.1 Å². The number of halogens is 1. The van der Waals surface area contributed by atoms with E-state index < -0.39 is 5.63 Å². The predicted octanol–water partition coefficient (Wildman–Crippen LogP) is 3.85. The van der Waals surface area contributed by atoms with Gasteiger partial charge < -0.3 is 19.1 Å². The second kappa shape index (κ2) is 8.44. The standard InChI is InChI=1S/C26H23FN2O5/c1-14-18(7-8-23(31)29-10-9-28-22(30)12-29)26(32)34-25-15(2)24-20(11-19(14)25)21(13-33-24)16-3-5-17(27)6-4-16/h3-6,11,13H,7-10,12H2,1-2H3,(H,28,30). The number of hydrogen-bond acceptors (Lipinski definition) is 5. The zero-order chi connectivity index (χ0) is 24.0. The van der Waals surface area contributed by atoms with Gasteiger partial charge in [0, 0.05) is 47.0 Å². The van der Waals surface area contributed by atoms with E-state index in [1.807, 2.05) is 19.9 Å². The molecule has 34 heavy (non-hydrogen) atoms. The van der Waals surface area contributed by atoms with Crippen molar-refractivity contribution in [3.63, 3.8) is 0 Å². The summed E-state index contributed by atoms with van der Waals surface area (Å²) >= 11 is 0. The molecular weight excluding hydrogens is 439 g/mol. The Labute approximate surface area is 194 Å². The first-order valence-electron chi connectivity index (χ1n) is 11.1. The fraction of sp³-hybridized carbons (Fsp3) is 0.269. The van der Waals surface area contributed by atoms with Gasteiger partial charge in [0.15, 0.2) is 0 Å². The van der Waals surface area contributed by atoms with Crippen molar-refractivity contribution in [2.75, 3.05) is 19.6 Å². The molecule has 0 unspecified atom stereocenters. The van der Waals surface area contributed by atoms with Crippen LogP contribution < -0.4 is 10.9 Å². The number of fused-ring (bicyclic) bond motifs is 2. The molecule has 1 aliphatic rings. The number of piperazine rings is 1. The van der Waals surface area contributed by atoms with E-state index in [-0.39, 0.29) is 37.0 Å². The molecule has 1 N–H and O–H groups in total. The number of hydrogen-bond donors (Lipinski definition) is 1. The Morgan fingerprint density at radius 1 is 1.09 bits per heavy atom. The summed E-state index contributed by atoms with van der Waals surface area (Å²) in [5, 5.41) is 4.28. The predicted molar refractivity (Wildman–Crippen MR) is 125 cm³/mol. The van der Waals surface area contributed by atoms with Gasteiger partial charge in [-0.3, -0.25) is 9.59 Å². The van der Waals surface area contributed by atoms with E-state index in [1.54, 1.807) is 18.4 Å². The highest BCUT2D eigenvalue weighted by molar-refractivity contribution is 6.05. The molecule has 2 amide bonds. The van der Waals surface area contributed by atoms with Crippen molar-refractivity contribution in [2.45, 2.75) is 26.7 Å². The molecule has 1 fully saturated rings. The Morgan fingerprint density at radius 3 is 2.59 bits per heavy atom. The van der Waals surface area contributed by atoms with E-state index in [1.165, 1.54) is 17.0 Å². The quantitative estimate of drug-likeness (QED) is 0.465. The van der Waals surface area contributed by atoms with Gasteiger partial charge in [0.2, 0.25) is 11.8 Å². The minimum atomic E-state index is -0.484. The van der Waals surface area contributed by atoms with Crippen molar-refractivity contribution in [3.05, 3.63) is 69.5 Å². The smallest absolute Gasteiger partial charge is 0.339 e. The number of nitrogens with one attached hydrogen (secondary N) is 1. The minimum absolute atomic E-state index is 0.0357. The van der Waals surface area contributed by atoms with Gasteiger partial charge in [-0.15, -0.1) is 0 Å². The Hall–Kier alpha value is -3.94. The Kier molecular flexibility index (Phi) is 5.43. The van der Waals surface area contributed by atoms with Crippen LogP contribution in [0.5, 0.6) is 0 Å². The third kappa shape index (κ3) is 3.75. The van der Waals surface area contributed by atoms with Gasteiger partial charge in [0.25, 0.3) is 0 Å². The van der Waals surface area contributed by atoms with Crippen molar-refractivity contribution >= 4 is 33.8 Å². The average Bonchev–Trinajstić information content (AvgIpc) is 3.24. The van der Waals surface area contributed by atoms with Gasteiger partial charge in [0.05, 0.1) is 12.8 Å². The van der Waals surface area contributed by atoms with E-state index in [0.717, 1.165) is 27.5 Å². The van der Waals surface area contributed by atoms with Crippen molar-refractivity contribution in [1.82, 2.24) is 10.2 Å². The normalized spacial score (nSPS) is 14.1. The maximum atomic E-state index is 13.4. The lowest BCUT2D eigenvalue weighted by Crippen LogP contribution is -2.50. The molecule has 3 heterocycles. The van der Waals surface area contributed by atoms with E-state index in [9.17, 15) is 18.8 Å². The number of amides is 2. The Morgan fingerprint density at radius 2 is 1.85 bits per heavy atom. The van der Waals surface area contributed by atoms with Crippen molar-refractivity contribution in [1.29, 1.82) is 0 Å². The Bertz CT molecular complexity index is 1500. The molecule has 0 aliphatic carbocycles. The molecule has 0 spiro atoms. The topological polar surface area (TPSA) is 92.8 Å². The molecule has 4 aromatic rings.